The number of carbonyl (C=O) groups is 1. The van der Waals surface area contributed by atoms with Crippen molar-refractivity contribution >= 4 is 17.2 Å². The first kappa shape index (κ1) is 17.9. The fourth-order valence-corrected chi connectivity index (χ4v) is 3.66. The molecule has 1 amide bonds. The summed E-state index contributed by atoms with van der Waals surface area (Å²) in [7, 11) is 0. The van der Waals surface area contributed by atoms with Crippen molar-refractivity contribution in [2.45, 2.75) is 32.3 Å². The molecule has 1 unspecified atom stereocenters. The average molecular weight is 388 g/mol. The molecule has 0 radical (unpaired) electrons. The van der Waals surface area contributed by atoms with Crippen LogP contribution in [0.4, 0.5) is 0 Å². The van der Waals surface area contributed by atoms with Crippen LogP contribution in [0.15, 0.2) is 32.6 Å². The number of rotatable bonds is 6. The lowest BCUT2D eigenvalue weighted by molar-refractivity contribution is -0.0369. The van der Waals surface area contributed by atoms with Crippen molar-refractivity contribution < 1.29 is 18.6 Å². The van der Waals surface area contributed by atoms with Crippen molar-refractivity contribution in [1.29, 1.82) is 0 Å². The number of aromatic nitrogens is 3. The van der Waals surface area contributed by atoms with Crippen molar-refractivity contribution in [2.75, 3.05) is 19.7 Å². The average Bonchev–Trinajstić information content (AvgIpc) is 3.44. The zero-order valence-electron chi connectivity index (χ0n) is 15.0. The Bertz CT molecular complexity index is 889. The van der Waals surface area contributed by atoms with Crippen LogP contribution in [-0.2, 0) is 17.6 Å². The van der Waals surface area contributed by atoms with E-state index in [-0.39, 0.29) is 5.91 Å². The van der Waals surface area contributed by atoms with Gasteiger partial charge in [0.25, 0.3) is 11.8 Å². The fourth-order valence-electron chi connectivity index (χ4n) is 2.96. The molecule has 4 heterocycles. The van der Waals surface area contributed by atoms with E-state index in [0.717, 1.165) is 23.5 Å². The number of hydrogen-bond donors (Lipinski definition) is 0. The molecule has 9 heteroatoms. The number of thiophene rings is 1. The number of morpholine rings is 1. The molecule has 0 spiro atoms. The summed E-state index contributed by atoms with van der Waals surface area (Å²) < 4.78 is 16.3. The first-order chi connectivity index (χ1) is 13.2. The number of nitrogens with zero attached hydrogens (tertiary/aromatic N) is 4. The molecule has 1 saturated heterocycles. The SMILES string of the molecule is CCCc1cc(C(=O)N2CCOC(c3nc(Cc4cccs4)no3)C2)no1. The third-order valence-corrected chi connectivity index (χ3v) is 5.18. The predicted octanol–water partition coefficient (Wildman–Crippen LogP) is 2.88. The molecule has 1 aliphatic heterocycles. The van der Waals surface area contributed by atoms with Gasteiger partial charge in [-0.3, -0.25) is 4.79 Å². The van der Waals surface area contributed by atoms with E-state index in [0.29, 0.717) is 43.5 Å². The lowest BCUT2D eigenvalue weighted by atomic mass is 10.2. The molecule has 142 valence electrons. The van der Waals surface area contributed by atoms with Gasteiger partial charge in [-0.2, -0.15) is 4.98 Å². The number of aryl methyl sites for hydroxylation is 1. The van der Waals surface area contributed by atoms with E-state index in [1.165, 1.54) is 0 Å². The van der Waals surface area contributed by atoms with Gasteiger partial charge >= 0.3 is 0 Å². The van der Waals surface area contributed by atoms with Gasteiger partial charge in [-0.05, 0) is 17.9 Å². The van der Waals surface area contributed by atoms with Crippen LogP contribution in [-0.4, -0.2) is 45.8 Å². The molecule has 0 bridgehead atoms. The van der Waals surface area contributed by atoms with E-state index in [9.17, 15) is 4.79 Å². The van der Waals surface area contributed by atoms with Crippen LogP contribution in [0, 0.1) is 0 Å². The van der Waals surface area contributed by atoms with Crippen LogP contribution in [0.25, 0.3) is 0 Å². The first-order valence-corrected chi connectivity index (χ1v) is 9.82. The summed E-state index contributed by atoms with van der Waals surface area (Å²) in [5.41, 5.74) is 0.322. The van der Waals surface area contributed by atoms with Crippen molar-refractivity contribution in [1.82, 2.24) is 20.2 Å². The van der Waals surface area contributed by atoms with Gasteiger partial charge in [0.15, 0.2) is 17.6 Å². The lowest BCUT2D eigenvalue weighted by Gasteiger charge is -2.30. The molecule has 0 aliphatic carbocycles. The normalized spacial score (nSPS) is 17.4. The molecule has 3 aromatic heterocycles. The highest BCUT2D eigenvalue weighted by Crippen LogP contribution is 2.23. The van der Waals surface area contributed by atoms with Crippen LogP contribution in [0.3, 0.4) is 0 Å². The van der Waals surface area contributed by atoms with Gasteiger partial charge in [-0.1, -0.05) is 23.3 Å². The summed E-state index contributed by atoms with van der Waals surface area (Å²) in [6, 6.07) is 5.73. The summed E-state index contributed by atoms with van der Waals surface area (Å²) in [6.07, 6.45) is 1.89. The minimum atomic E-state index is -0.436. The van der Waals surface area contributed by atoms with Gasteiger partial charge in [0.2, 0.25) is 0 Å². The van der Waals surface area contributed by atoms with Gasteiger partial charge in [0.1, 0.15) is 5.76 Å². The Kier molecular flexibility index (Phi) is 5.30. The zero-order chi connectivity index (χ0) is 18.6. The summed E-state index contributed by atoms with van der Waals surface area (Å²) in [4.78, 5) is 20.0. The molecular weight excluding hydrogens is 368 g/mol. The van der Waals surface area contributed by atoms with Gasteiger partial charge in [-0.15, -0.1) is 11.3 Å². The van der Waals surface area contributed by atoms with E-state index in [1.807, 2.05) is 24.4 Å². The van der Waals surface area contributed by atoms with Crippen molar-refractivity contribution in [3.05, 3.63) is 51.6 Å². The summed E-state index contributed by atoms with van der Waals surface area (Å²) in [6.45, 7) is 3.28. The lowest BCUT2D eigenvalue weighted by Crippen LogP contribution is -2.42. The summed E-state index contributed by atoms with van der Waals surface area (Å²) in [5.74, 6) is 1.56. The molecule has 3 aromatic rings. The maximum atomic E-state index is 12.7. The molecule has 1 atom stereocenters. The molecular formula is C18H20N4O4S. The van der Waals surface area contributed by atoms with Gasteiger partial charge in [0, 0.05) is 30.3 Å². The minimum absolute atomic E-state index is 0.173. The molecule has 0 N–H and O–H groups in total. The van der Waals surface area contributed by atoms with E-state index >= 15 is 0 Å². The Morgan fingerprint density at radius 3 is 3.11 bits per heavy atom. The van der Waals surface area contributed by atoms with Crippen LogP contribution in [0.2, 0.25) is 0 Å². The highest BCUT2D eigenvalue weighted by atomic mass is 32.1. The number of hydrogen-bond acceptors (Lipinski definition) is 8. The Morgan fingerprint density at radius 1 is 1.37 bits per heavy atom. The summed E-state index contributed by atoms with van der Waals surface area (Å²) >= 11 is 1.65. The number of amides is 1. The number of carbonyl (C=O) groups excluding carboxylic acids is 1. The number of ether oxygens (including phenoxy) is 1. The van der Waals surface area contributed by atoms with Gasteiger partial charge < -0.3 is 18.7 Å². The maximum absolute atomic E-state index is 12.7. The van der Waals surface area contributed by atoms with E-state index in [4.69, 9.17) is 13.8 Å². The van der Waals surface area contributed by atoms with Crippen molar-refractivity contribution in [3.63, 3.8) is 0 Å². The first-order valence-electron chi connectivity index (χ1n) is 8.94. The van der Waals surface area contributed by atoms with E-state index < -0.39 is 6.10 Å². The van der Waals surface area contributed by atoms with Gasteiger partial charge in [0.05, 0.1) is 13.2 Å². The minimum Gasteiger partial charge on any atom is -0.365 e. The van der Waals surface area contributed by atoms with Crippen molar-refractivity contribution in [3.8, 4) is 0 Å². The van der Waals surface area contributed by atoms with E-state index in [1.54, 1.807) is 22.3 Å². The standard InChI is InChI=1S/C18H20N4O4S/c1-2-4-12-9-14(20-25-12)18(23)22-6-7-24-15(11-22)17-19-16(21-26-17)10-13-5-3-8-27-13/h3,5,8-9,15H,2,4,6-7,10-11H2,1H3. The molecule has 0 aromatic carbocycles. The molecule has 4 rings (SSSR count). The maximum Gasteiger partial charge on any atom is 0.276 e. The Hall–Kier alpha value is -2.52. The third-order valence-electron chi connectivity index (χ3n) is 4.30. The van der Waals surface area contributed by atoms with E-state index in [2.05, 4.69) is 15.3 Å². The van der Waals surface area contributed by atoms with Crippen LogP contribution >= 0.6 is 11.3 Å². The quantitative estimate of drug-likeness (QED) is 0.641. The van der Waals surface area contributed by atoms with Crippen LogP contribution in [0.1, 0.15) is 52.3 Å². The Morgan fingerprint density at radius 2 is 2.30 bits per heavy atom. The third kappa shape index (κ3) is 4.09. The highest BCUT2D eigenvalue weighted by Gasteiger charge is 2.31. The second kappa shape index (κ2) is 8.01. The second-order valence-corrected chi connectivity index (χ2v) is 7.38. The van der Waals surface area contributed by atoms with Crippen LogP contribution in [0.5, 0.6) is 0 Å². The van der Waals surface area contributed by atoms with Gasteiger partial charge in [-0.25, -0.2) is 0 Å². The largest absolute Gasteiger partial charge is 0.365 e. The topological polar surface area (TPSA) is 94.5 Å². The molecule has 1 fully saturated rings. The summed E-state index contributed by atoms with van der Waals surface area (Å²) in [5, 5.41) is 9.94. The van der Waals surface area contributed by atoms with Crippen LogP contribution < -0.4 is 0 Å². The molecule has 27 heavy (non-hydrogen) atoms. The monoisotopic (exact) mass is 388 g/mol. The molecule has 8 nitrogen and oxygen atoms in total. The Balaban J connectivity index is 1.41. The second-order valence-electron chi connectivity index (χ2n) is 6.34. The molecule has 0 saturated carbocycles. The zero-order valence-corrected chi connectivity index (χ0v) is 15.8. The highest BCUT2D eigenvalue weighted by molar-refractivity contribution is 7.09. The Labute approximate surface area is 160 Å². The predicted molar refractivity (Wildman–Crippen MR) is 96.5 cm³/mol. The molecule has 1 aliphatic rings. The fraction of sp³-hybridized carbons (Fsp3) is 0.444. The van der Waals surface area contributed by atoms with Crippen molar-refractivity contribution in [2.24, 2.45) is 0 Å². The smallest absolute Gasteiger partial charge is 0.276 e.